The van der Waals surface area contributed by atoms with Gasteiger partial charge in [0.1, 0.15) is 24.9 Å². The lowest BCUT2D eigenvalue weighted by Gasteiger charge is -2.30. The van der Waals surface area contributed by atoms with Crippen LogP contribution in [0.25, 0.3) is 5.76 Å². The van der Waals surface area contributed by atoms with Gasteiger partial charge in [0.15, 0.2) is 0 Å². The standard InChI is InChI=1S/C29H34N2O5/c1-18(2)20-4-6-21(7-5-20)26-25(27(32)22-8-9-24-23(17-22)16-19(3)36-24)28(33)29(34)31(26)11-10-30-12-14-35-15-13-30/h4-9,17-19,26,32H,10-16H2,1-3H3. The largest absolute Gasteiger partial charge is 0.872 e. The van der Waals surface area contributed by atoms with E-state index in [2.05, 4.69) is 13.8 Å². The summed E-state index contributed by atoms with van der Waals surface area (Å²) in [4.78, 5) is 29.5. The highest BCUT2D eigenvalue weighted by Crippen LogP contribution is 2.40. The Hall–Kier alpha value is -3.16. The number of fused-ring (bicyclic) bond motifs is 1. The molecule has 5 rings (SSSR count). The molecule has 0 saturated carbocycles. The van der Waals surface area contributed by atoms with E-state index in [0.29, 0.717) is 44.2 Å². The van der Waals surface area contributed by atoms with Crippen molar-refractivity contribution in [2.75, 3.05) is 39.4 Å². The second-order valence-corrected chi connectivity index (χ2v) is 10.4. The number of nitrogens with one attached hydrogen (secondary N) is 1. The minimum absolute atomic E-state index is 0.0428. The summed E-state index contributed by atoms with van der Waals surface area (Å²) in [5.41, 5.74) is 3.38. The molecule has 2 aromatic carbocycles. The SMILES string of the molecule is CC1Cc2cc(C([O-])=C3C(=O)C(=O)N(CC[NH+]4CCOCC4)C3c3ccc(C(C)C)cc3)ccc2O1. The van der Waals surface area contributed by atoms with Gasteiger partial charge in [-0.2, -0.15) is 0 Å². The number of quaternary nitrogens is 1. The van der Waals surface area contributed by atoms with Crippen molar-refractivity contribution in [1.82, 2.24) is 4.90 Å². The first-order valence-corrected chi connectivity index (χ1v) is 12.9. The summed E-state index contributed by atoms with van der Waals surface area (Å²) in [6.07, 6.45) is 0.769. The van der Waals surface area contributed by atoms with Gasteiger partial charge in [0.25, 0.3) is 5.91 Å². The Balaban J connectivity index is 1.53. The summed E-state index contributed by atoms with van der Waals surface area (Å²) in [7, 11) is 0. The summed E-state index contributed by atoms with van der Waals surface area (Å²) in [5, 5.41) is 13.8. The third kappa shape index (κ3) is 4.65. The van der Waals surface area contributed by atoms with Gasteiger partial charge in [-0.25, -0.2) is 0 Å². The average Bonchev–Trinajstić information content (AvgIpc) is 3.38. The van der Waals surface area contributed by atoms with Crippen molar-refractivity contribution in [3.63, 3.8) is 0 Å². The van der Waals surface area contributed by atoms with Crippen LogP contribution in [-0.2, 0) is 20.7 Å². The molecule has 0 spiro atoms. The molecule has 3 aliphatic rings. The van der Waals surface area contributed by atoms with Gasteiger partial charge in [0.05, 0.1) is 32.3 Å². The normalized spacial score (nSPS) is 23.8. The summed E-state index contributed by atoms with van der Waals surface area (Å²) < 4.78 is 11.2. The summed E-state index contributed by atoms with van der Waals surface area (Å²) in [6.45, 7) is 10.5. The number of Topliss-reactive ketones (excluding diaryl/α,β-unsaturated/α-hetero) is 1. The zero-order valence-electron chi connectivity index (χ0n) is 21.2. The maximum atomic E-state index is 13.8. The summed E-state index contributed by atoms with van der Waals surface area (Å²) in [6, 6.07) is 12.6. The minimum Gasteiger partial charge on any atom is -0.872 e. The fourth-order valence-corrected chi connectivity index (χ4v) is 5.42. The van der Waals surface area contributed by atoms with Crippen LogP contribution in [0.1, 0.15) is 55.0 Å². The molecular weight excluding hydrogens is 456 g/mol. The molecule has 190 valence electrons. The predicted octanol–water partition coefficient (Wildman–Crippen LogP) is 1.27. The molecule has 2 unspecified atom stereocenters. The van der Waals surface area contributed by atoms with Gasteiger partial charge in [-0.3, -0.25) is 9.59 Å². The Labute approximate surface area is 212 Å². The Morgan fingerprint density at radius 3 is 2.53 bits per heavy atom. The van der Waals surface area contributed by atoms with Gasteiger partial charge in [-0.15, -0.1) is 0 Å². The van der Waals surface area contributed by atoms with E-state index in [1.165, 1.54) is 10.5 Å². The van der Waals surface area contributed by atoms with Crippen LogP contribution in [0.3, 0.4) is 0 Å². The number of rotatable bonds is 6. The van der Waals surface area contributed by atoms with E-state index in [1.807, 2.05) is 37.3 Å². The maximum absolute atomic E-state index is 13.8. The fourth-order valence-electron chi connectivity index (χ4n) is 5.42. The van der Waals surface area contributed by atoms with Crippen LogP contribution >= 0.6 is 0 Å². The molecule has 0 bridgehead atoms. The zero-order chi connectivity index (χ0) is 25.4. The third-order valence-electron chi connectivity index (χ3n) is 7.51. The topological polar surface area (TPSA) is 83.3 Å². The maximum Gasteiger partial charge on any atom is 0.295 e. The molecule has 2 fully saturated rings. The van der Waals surface area contributed by atoms with E-state index >= 15 is 0 Å². The minimum atomic E-state index is -0.694. The van der Waals surface area contributed by atoms with Gasteiger partial charge in [0, 0.05) is 12.0 Å². The highest BCUT2D eigenvalue weighted by atomic mass is 16.5. The Kier molecular flexibility index (Phi) is 6.86. The quantitative estimate of drug-likeness (QED) is 0.375. The van der Waals surface area contributed by atoms with Crippen LogP contribution in [0.2, 0.25) is 0 Å². The molecule has 0 aliphatic carbocycles. The lowest BCUT2D eigenvalue weighted by molar-refractivity contribution is -0.907. The molecule has 7 heteroatoms. The Morgan fingerprint density at radius 2 is 1.83 bits per heavy atom. The van der Waals surface area contributed by atoms with E-state index in [-0.39, 0.29) is 17.4 Å². The number of amides is 1. The monoisotopic (exact) mass is 490 g/mol. The van der Waals surface area contributed by atoms with Gasteiger partial charge in [-0.05, 0) is 47.2 Å². The van der Waals surface area contributed by atoms with Crippen LogP contribution in [0, 0.1) is 0 Å². The number of morpholine rings is 1. The van der Waals surface area contributed by atoms with Crippen LogP contribution in [0.15, 0.2) is 48.0 Å². The van der Waals surface area contributed by atoms with Crippen LogP contribution in [-0.4, -0.2) is 62.1 Å². The van der Waals surface area contributed by atoms with Crippen LogP contribution in [0.5, 0.6) is 5.75 Å². The molecule has 1 amide bonds. The highest BCUT2D eigenvalue weighted by molar-refractivity contribution is 6.46. The van der Waals surface area contributed by atoms with Crippen molar-refractivity contribution in [3.8, 4) is 5.75 Å². The average molecular weight is 491 g/mol. The number of nitrogens with zero attached hydrogens (tertiary/aromatic N) is 1. The fraction of sp³-hybridized carbons (Fsp3) is 0.448. The molecule has 2 atom stereocenters. The lowest BCUT2D eigenvalue weighted by atomic mass is 9.92. The van der Waals surface area contributed by atoms with E-state index in [4.69, 9.17) is 9.47 Å². The van der Waals surface area contributed by atoms with Crippen molar-refractivity contribution < 1.29 is 29.1 Å². The first kappa shape index (κ1) is 24.5. The second-order valence-electron chi connectivity index (χ2n) is 10.4. The first-order chi connectivity index (χ1) is 17.3. The van der Waals surface area contributed by atoms with Crippen LogP contribution in [0.4, 0.5) is 0 Å². The summed E-state index contributed by atoms with van der Waals surface area (Å²) >= 11 is 0. The number of hydrogen-bond donors (Lipinski definition) is 1. The second kappa shape index (κ2) is 10.1. The zero-order valence-corrected chi connectivity index (χ0v) is 21.2. The molecule has 0 radical (unpaired) electrons. The molecule has 2 aromatic rings. The van der Waals surface area contributed by atoms with Gasteiger partial charge >= 0.3 is 0 Å². The van der Waals surface area contributed by atoms with Gasteiger partial charge < -0.3 is 24.4 Å². The Bertz CT molecular complexity index is 1180. The predicted molar refractivity (Wildman–Crippen MR) is 134 cm³/mol. The molecular formula is C29H34N2O5. The molecule has 36 heavy (non-hydrogen) atoms. The molecule has 3 aliphatic heterocycles. The van der Waals surface area contributed by atoms with Crippen molar-refractivity contribution in [2.24, 2.45) is 0 Å². The molecule has 3 heterocycles. The van der Waals surface area contributed by atoms with Crippen molar-refractivity contribution in [2.45, 2.75) is 45.3 Å². The Morgan fingerprint density at radius 1 is 1.11 bits per heavy atom. The van der Waals surface area contributed by atoms with Gasteiger partial charge in [-0.1, -0.05) is 49.9 Å². The number of likely N-dealkylation sites (tertiary alicyclic amines) is 1. The van der Waals surface area contributed by atoms with Crippen LogP contribution < -0.4 is 14.7 Å². The number of carbonyl (C=O) groups excluding carboxylic acids is 2. The number of benzene rings is 2. The van der Waals surface area contributed by atoms with Crippen molar-refractivity contribution >= 4 is 17.4 Å². The number of ether oxygens (including phenoxy) is 2. The smallest absolute Gasteiger partial charge is 0.295 e. The molecule has 2 saturated heterocycles. The first-order valence-electron chi connectivity index (χ1n) is 12.9. The summed E-state index contributed by atoms with van der Waals surface area (Å²) in [5.74, 6) is -0.543. The molecule has 1 N–H and O–H groups in total. The van der Waals surface area contributed by atoms with E-state index in [9.17, 15) is 14.7 Å². The lowest BCUT2D eigenvalue weighted by Crippen LogP contribution is -3.14. The molecule has 7 nitrogen and oxygen atoms in total. The van der Waals surface area contributed by atoms with E-state index in [1.54, 1.807) is 17.0 Å². The van der Waals surface area contributed by atoms with E-state index in [0.717, 1.165) is 30.0 Å². The van der Waals surface area contributed by atoms with Crippen molar-refractivity contribution in [3.05, 3.63) is 70.3 Å². The number of carbonyl (C=O) groups is 2. The third-order valence-corrected chi connectivity index (χ3v) is 7.51. The van der Waals surface area contributed by atoms with Gasteiger partial charge in [0.2, 0.25) is 5.78 Å². The number of ketones is 1. The van der Waals surface area contributed by atoms with E-state index < -0.39 is 17.7 Å². The molecule has 0 aromatic heterocycles. The van der Waals surface area contributed by atoms with Crippen molar-refractivity contribution in [1.29, 1.82) is 0 Å². The highest BCUT2D eigenvalue weighted by Gasteiger charge is 2.44. The number of hydrogen-bond acceptors (Lipinski definition) is 5.